The summed E-state index contributed by atoms with van der Waals surface area (Å²) < 4.78 is 107. The molecule has 0 aliphatic carbocycles. The number of carbonyl (C=O) groups is 2. The molecule has 35 heavy (non-hydrogen) atoms. The average Bonchev–Trinajstić information content (AvgIpc) is 3.26. The standard InChI is InChI=1S/C19H17ClFN5S.C4H4O4/c20-17-8-16-18(27-17)19(24-11-23-16)25-14-3-5-26(6-4-14)10-12-1-2-15(21)13(7-12)9-22;5-3(6)1-2-4(7)8/h1-2,7-8,11,14H,3-6,10H2,(H,23,24,25);1-2H,(H,5,6)(H,7,8)/b;2-1-/i1D,2D,3D2,4D2,7D,8D,10D,14D;/hD. The summed E-state index contributed by atoms with van der Waals surface area (Å²) in [5.41, 5.74) is -1.42. The first-order chi connectivity index (χ1) is 21.1. The number of hydrogen-bond acceptors (Lipinski definition) is 8. The van der Waals surface area contributed by atoms with Gasteiger partial charge in [0.1, 0.15) is 24.0 Å². The lowest BCUT2D eigenvalue weighted by Crippen LogP contribution is -2.38. The number of likely N-dealkylation sites (tertiary alicyclic amines) is 1. The number of piperidine rings is 1. The van der Waals surface area contributed by atoms with Crippen molar-refractivity contribution in [2.75, 3.05) is 18.4 Å². The molecule has 0 amide bonds. The highest BCUT2D eigenvalue weighted by Crippen LogP contribution is 2.33. The average molecular weight is 529 g/mol. The molecular weight excluding hydrogens is 497 g/mol. The molecule has 4 rings (SSSR count). The van der Waals surface area contributed by atoms with Gasteiger partial charge in [0, 0.05) is 44.6 Å². The zero-order valence-corrected chi connectivity index (χ0v) is 18.9. The molecule has 0 spiro atoms. The molecule has 182 valence electrons. The Hall–Kier alpha value is -3.59. The van der Waals surface area contributed by atoms with Gasteiger partial charge in [0.25, 0.3) is 0 Å². The van der Waals surface area contributed by atoms with Crippen LogP contribution in [0.3, 0.4) is 0 Å². The molecule has 0 saturated carbocycles. The quantitative estimate of drug-likeness (QED) is 0.402. The van der Waals surface area contributed by atoms with Gasteiger partial charge in [-0.05, 0) is 36.4 Å². The molecule has 1 atom stereocenters. The van der Waals surface area contributed by atoms with Crippen LogP contribution in [0.25, 0.3) is 10.2 Å². The van der Waals surface area contributed by atoms with Crippen LogP contribution in [0.5, 0.6) is 0 Å². The normalized spacial score (nSPS) is 23.5. The summed E-state index contributed by atoms with van der Waals surface area (Å²) >= 11 is 6.83. The first-order valence-corrected chi connectivity index (χ1v) is 10.5. The summed E-state index contributed by atoms with van der Waals surface area (Å²) in [6.07, 6.45) is -3.70. The minimum Gasteiger partial charge on any atom is -0.478 e. The van der Waals surface area contributed by atoms with Crippen LogP contribution in [0, 0.1) is 17.1 Å². The smallest absolute Gasteiger partial charge is 0.328 e. The Morgan fingerprint density at radius 3 is 2.71 bits per heavy atom. The van der Waals surface area contributed by atoms with Crippen molar-refractivity contribution in [1.29, 1.82) is 5.26 Å². The molecule has 3 N–H and O–H groups in total. The lowest BCUT2D eigenvalue weighted by atomic mass is 10.0. The van der Waals surface area contributed by atoms with Gasteiger partial charge in [-0.2, -0.15) is 5.26 Å². The second-order valence-electron chi connectivity index (χ2n) is 6.32. The summed E-state index contributed by atoms with van der Waals surface area (Å²) in [6.45, 7) is -3.55. The number of carboxylic acids is 2. The van der Waals surface area contributed by atoms with Crippen molar-refractivity contribution in [1.82, 2.24) is 14.9 Å². The first-order valence-electron chi connectivity index (χ1n) is 14.8. The number of hydrogen-bond donors (Lipinski definition) is 3. The number of anilines is 1. The topological polar surface area (TPSA) is 139 Å². The Labute approximate surface area is 224 Å². The van der Waals surface area contributed by atoms with Crippen LogP contribution < -0.4 is 5.31 Å². The van der Waals surface area contributed by atoms with Gasteiger partial charge in [-0.25, -0.2) is 23.9 Å². The second-order valence-corrected chi connectivity index (χ2v) is 7.95. The molecule has 3 heterocycles. The van der Waals surface area contributed by atoms with E-state index >= 15 is 0 Å². The van der Waals surface area contributed by atoms with Gasteiger partial charge in [-0.15, -0.1) is 11.3 Å². The number of nitriles is 1. The fraction of sp³-hybridized carbons (Fsp3) is 0.261. The van der Waals surface area contributed by atoms with Crippen molar-refractivity contribution < 1.29 is 39.3 Å². The van der Waals surface area contributed by atoms with Gasteiger partial charge in [-0.3, -0.25) is 4.90 Å². The van der Waals surface area contributed by atoms with E-state index in [0.717, 1.165) is 22.6 Å². The largest absolute Gasteiger partial charge is 0.478 e. The van der Waals surface area contributed by atoms with Crippen LogP contribution >= 0.6 is 22.9 Å². The fourth-order valence-electron chi connectivity index (χ4n) is 2.46. The molecule has 1 unspecified atom stereocenters. The maximum absolute atomic E-state index is 14.2. The van der Waals surface area contributed by atoms with Crippen molar-refractivity contribution >= 4 is 50.9 Å². The lowest BCUT2D eigenvalue weighted by molar-refractivity contribution is -0.134. The summed E-state index contributed by atoms with van der Waals surface area (Å²) in [4.78, 5) is 27.8. The maximum Gasteiger partial charge on any atom is 0.328 e. The van der Waals surface area contributed by atoms with E-state index in [0.29, 0.717) is 12.2 Å². The molecule has 9 nitrogen and oxygen atoms in total. The highest BCUT2D eigenvalue weighted by molar-refractivity contribution is 7.23. The summed E-state index contributed by atoms with van der Waals surface area (Å²) in [6, 6.07) is -4.46. The van der Waals surface area contributed by atoms with Gasteiger partial charge in [0.15, 0.2) is 1.41 Å². The predicted molar refractivity (Wildman–Crippen MR) is 130 cm³/mol. The molecular formula is C23H21ClFN5O4S. The third kappa shape index (κ3) is 7.71. The van der Waals surface area contributed by atoms with E-state index < -0.39 is 85.4 Å². The number of nitrogens with zero attached hydrogens (tertiary/aromatic N) is 4. The number of aliphatic carboxylic acids is 2. The van der Waals surface area contributed by atoms with Crippen molar-refractivity contribution in [2.24, 2.45) is 0 Å². The van der Waals surface area contributed by atoms with Crippen molar-refractivity contribution in [3.63, 3.8) is 0 Å². The minimum absolute atomic E-state index is 0.00858. The highest BCUT2D eigenvalue weighted by atomic mass is 35.5. The third-order valence-electron chi connectivity index (χ3n) is 3.89. The van der Waals surface area contributed by atoms with Crippen molar-refractivity contribution in [2.45, 2.75) is 25.3 Å². The van der Waals surface area contributed by atoms with Crippen molar-refractivity contribution in [3.05, 3.63) is 63.9 Å². The molecule has 0 radical (unpaired) electrons. The van der Waals surface area contributed by atoms with Gasteiger partial charge in [0.05, 0.1) is 27.0 Å². The number of nitrogens with one attached hydrogen (secondary N) is 1. The first kappa shape index (κ1) is 14.7. The van der Waals surface area contributed by atoms with Crippen LogP contribution in [0.2, 0.25) is 5.75 Å². The lowest BCUT2D eigenvalue weighted by Gasteiger charge is -2.32. The van der Waals surface area contributed by atoms with Gasteiger partial charge < -0.3 is 15.5 Å². The van der Waals surface area contributed by atoms with E-state index in [1.54, 1.807) is 0 Å². The van der Waals surface area contributed by atoms with Crippen LogP contribution in [0.15, 0.2) is 42.6 Å². The van der Waals surface area contributed by atoms with E-state index in [4.69, 9.17) is 36.9 Å². The molecule has 1 saturated heterocycles. The molecule has 3 aromatic rings. The molecule has 2 aromatic heterocycles. The molecule has 1 fully saturated rings. The number of carboxylic acid groups (broad SMARTS) is 2. The number of halogens is 2. The van der Waals surface area contributed by atoms with Crippen LogP contribution in [0.1, 0.15) is 37.6 Å². The molecule has 1 aromatic carbocycles. The predicted octanol–water partition coefficient (Wildman–Crippen LogP) is 4.14. The fourth-order valence-corrected chi connectivity index (χ4v) is 3.49. The van der Waals surface area contributed by atoms with Gasteiger partial charge >= 0.3 is 11.9 Å². The molecule has 0 bridgehead atoms. The number of aromatic nitrogens is 2. The third-order valence-corrected chi connectivity index (χ3v) is 5.08. The number of thiophene rings is 1. The van der Waals surface area contributed by atoms with Gasteiger partial charge in [-0.1, -0.05) is 17.6 Å². The van der Waals surface area contributed by atoms with E-state index in [-0.39, 0.29) is 31.7 Å². The zero-order chi connectivity index (χ0) is 35.1. The summed E-state index contributed by atoms with van der Waals surface area (Å²) in [5.74, 6) is -4.27. The summed E-state index contributed by atoms with van der Waals surface area (Å²) in [5, 5.41) is 25.1. The van der Waals surface area contributed by atoms with Crippen LogP contribution in [0.4, 0.5) is 10.2 Å². The Bertz CT molecular complexity index is 1760. The van der Waals surface area contributed by atoms with Crippen LogP contribution in [-0.2, 0) is 16.1 Å². The Morgan fingerprint density at radius 1 is 1.40 bits per heavy atom. The minimum atomic E-state index is -2.97. The number of benzene rings is 1. The monoisotopic (exact) mass is 528 g/mol. The highest BCUT2D eigenvalue weighted by Gasteiger charge is 2.21. The second kappa shape index (κ2) is 12.2. The van der Waals surface area contributed by atoms with E-state index in [1.165, 1.54) is 6.07 Å². The van der Waals surface area contributed by atoms with E-state index in [9.17, 15) is 19.2 Å². The zero-order valence-electron chi connectivity index (χ0n) is 28.3. The summed E-state index contributed by atoms with van der Waals surface area (Å²) in [7, 11) is 0. The molecule has 1 aliphatic heterocycles. The Balaban J connectivity index is 0.000000637. The maximum atomic E-state index is 14.2. The number of fused-ring (bicyclic) bond motifs is 1. The number of rotatable bonds is 6. The molecule has 1 aliphatic rings. The Morgan fingerprint density at radius 2 is 2.09 bits per heavy atom. The SMILES string of the molecule is O=C(O)/C=C\C(=O)O.[2H]c1c([2H])c(C([2H])N2CC([2H])([2H])C([2H])(N([2H])c3ncnc4c([2H])c(Cl)sc34)C([2H])([2H])C2)c([2H])c(C#N)c1F. The Kier molecular flexibility index (Phi) is 5.14. The molecule has 12 heteroatoms. The van der Waals surface area contributed by atoms with Crippen molar-refractivity contribution in [3.8, 4) is 6.07 Å². The van der Waals surface area contributed by atoms with Gasteiger partial charge in [0.2, 0.25) is 0 Å². The van der Waals surface area contributed by atoms with E-state index in [2.05, 4.69) is 9.97 Å². The van der Waals surface area contributed by atoms with Crippen LogP contribution in [-0.4, -0.2) is 56.1 Å². The van der Waals surface area contributed by atoms with E-state index in [1.807, 2.05) is 0 Å².